The number of guanidine groups is 1. The van der Waals surface area contributed by atoms with E-state index in [2.05, 4.69) is 32.7 Å². The predicted octanol–water partition coefficient (Wildman–Crippen LogP) is 1.95. The molecule has 26 heavy (non-hydrogen) atoms. The highest BCUT2D eigenvalue weighted by Crippen LogP contribution is 2.27. The van der Waals surface area contributed by atoms with Crippen LogP contribution in [0.25, 0.3) is 0 Å². The molecule has 0 saturated carbocycles. The van der Waals surface area contributed by atoms with E-state index in [1.165, 1.54) is 5.56 Å². The molecule has 0 unspecified atom stereocenters. The quantitative estimate of drug-likeness (QED) is 0.638. The summed E-state index contributed by atoms with van der Waals surface area (Å²) in [5.41, 5.74) is 3.48. The number of fused-ring (bicyclic) bond motifs is 1. The Morgan fingerprint density at radius 1 is 1.15 bits per heavy atom. The molecule has 0 saturated heterocycles. The van der Waals surface area contributed by atoms with Crippen molar-refractivity contribution in [1.29, 1.82) is 0 Å². The minimum absolute atomic E-state index is 0.0746. The number of carbonyl (C=O) groups excluding carboxylic acids is 1. The summed E-state index contributed by atoms with van der Waals surface area (Å²) in [7, 11) is 3.37. The number of nitrogens with zero attached hydrogens (tertiary/aromatic N) is 2. The zero-order valence-corrected chi connectivity index (χ0v) is 15.2. The van der Waals surface area contributed by atoms with E-state index in [4.69, 9.17) is 4.74 Å². The molecule has 0 fully saturated rings. The smallest absolute Gasteiger partial charge is 0.239 e. The highest BCUT2D eigenvalue weighted by Gasteiger charge is 2.22. The third-order valence-electron chi connectivity index (χ3n) is 4.41. The van der Waals surface area contributed by atoms with Crippen molar-refractivity contribution in [3.8, 4) is 5.75 Å². The van der Waals surface area contributed by atoms with Gasteiger partial charge in [0.1, 0.15) is 5.75 Å². The van der Waals surface area contributed by atoms with Gasteiger partial charge in [0.05, 0.1) is 13.7 Å². The maximum Gasteiger partial charge on any atom is 0.239 e. The van der Waals surface area contributed by atoms with Crippen LogP contribution in [-0.4, -0.2) is 39.1 Å². The summed E-state index contributed by atoms with van der Waals surface area (Å²) in [5.74, 6) is 1.44. The molecule has 1 heterocycles. The average molecular weight is 352 g/mol. The fraction of sp³-hybridized carbons (Fsp3) is 0.300. The lowest BCUT2D eigenvalue weighted by molar-refractivity contribution is -0.120. The first-order valence-corrected chi connectivity index (χ1v) is 8.67. The molecule has 136 valence electrons. The summed E-state index contributed by atoms with van der Waals surface area (Å²) in [6, 6.07) is 15.9. The number of nitrogens with one attached hydrogen (secondary N) is 2. The largest absolute Gasteiger partial charge is 0.497 e. The van der Waals surface area contributed by atoms with Crippen molar-refractivity contribution in [2.24, 2.45) is 4.99 Å². The fourth-order valence-electron chi connectivity index (χ4n) is 3.02. The van der Waals surface area contributed by atoms with Crippen LogP contribution in [0, 0.1) is 0 Å². The van der Waals surface area contributed by atoms with Crippen molar-refractivity contribution in [1.82, 2.24) is 10.6 Å². The minimum atomic E-state index is -0.0746. The van der Waals surface area contributed by atoms with Crippen LogP contribution in [0.3, 0.4) is 0 Å². The van der Waals surface area contributed by atoms with Crippen LogP contribution in [0.4, 0.5) is 5.69 Å². The van der Waals surface area contributed by atoms with Gasteiger partial charge >= 0.3 is 0 Å². The van der Waals surface area contributed by atoms with E-state index < -0.39 is 0 Å². The van der Waals surface area contributed by atoms with E-state index in [-0.39, 0.29) is 12.5 Å². The SMILES string of the molecule is CN=C(NCC(=O)NCc1ccc(OC)cc1)N1CCc2ccccc21. The Morgan fingerprint density at radius 3 is 2.65 bits per heavy atom. The maximum atomic E-state index is 12.1. The van der Waals surface area contributed by atoms with Crippen molar-refractivity contribution < 1.29 is 9.53 Å². The number of carbonyl (C=O) groups is 1. The molecule has 0 radical (unpaired) electrons. The second-order valence-electron chi connectivity index (χ2n) is 6.06. The Hall–Kier alpha value is -3.02. The molecule has 3 rings (SSSR count). The lowest BCUT2D eigenvalue weighted by Crippen LogP contribution is -2.45. The van der Waals surface area contributed by atoms with Crippen LogP contribution < -0.4 is 20.3 Å². The molecule has 0 spiro atoms. The maximum absolute atomic E-state index is 12.1. The molecule has 1 aliphatic rings. The van der Waals surface area contributed by atoms with Crippen LogP contribution in [0.1, 0.15) is 11.1 Å². The van der Waals surface area contributed by atoms with Gasteiger partial charge in [0.15, 0.2) is 5.96 Å². The van der Waals surface area contributed by atoms with Crippen molar-refractivity contribution in [3.05, 3.63) is 59.7 Å². The Bertz CT molecular complexity index is 787. The Morgan fingerprint density at radius 2 is 1.92 bits per heavy atom. The Kier molecular flexibility index (Phi) is 5.73. The molecule has 2 N–H and O–H groups in total. The first-order chi connectivity index (χ1) is 12.7. The molecule has 0 atom stereocenters. The summed E-state index contributed by atoms with van der Waals surface area (Å²) in [6.45, 7) is 1.53. The third-order valence-corrected chi connectivity index (χ3v) is 4.41. The van der Waals surface area contributed by atoms with Crippen molar-refractivity contribution in [3.63, 3.8) is 0 Å². The number of benzene rings is 2. The van der Waals surface area contributed by atoms with Gasteiger partial charge in [-0.15, -0.1) is 0 Å². The van der Waals surface area contributed by atoms with Crippen LogP contribution >= 0.6 is 0 Å². The predicted molar refractivity (Wildman–Crippen MR) is 104 cm³/mol. The molecular formula is C20H24N4O2. The van der Waals surface area contributed by atoms with Gasteiger partial charge in [0.2, 0.25) is 5.91 Å². The molecule has 0 aliphatic carbocycles. The van der Waals surface area contributed by atoms with Crippen molar-refractivity contribution >= 4 is 17.6 Å². The number of ether oxygens (including phenoxy) is 1. The minimum Gasteiger partial charge on any atom is -0.497 e. The monoisotopic (exact) mass is 352 g/mol. The standard InChI is InChI=1S/C20H24N4O2/c1-21-20(24-12-11-16-5-3-4-6-18(16)24)23-14-19(25)22-13-15-7-9-17(26-2)10-8-15/h3-10H,11-14H2,1-2H3,(H,21,23)(H,22,25). The average Bonchev–Trinajstić information content (AvgIpc) is 3.11. The van der Waals surface area contributed by atoms with E-state index in [0.717, 1.165) is 35.9 Å². The fourth-order valence-corrected chi connectivity index (χ4v) is 3.02. The molecule has 2 aromatic carbocycles. The number of hydrogen-bond donors (Lipinski definition) is 2. The summed E-state index contributed by atoms with van der Waals surface area (Å²) in [4.78, 5) is 18.6. The normalized spacial score (nSPS) is 13.3. The lowest BCUT2D eigenvalue weighted by Gasteiger charge is -2.22. The second-order valence-corrected chi connectivity index (χ2v) is 6.06. The van der Waals surface area contributed by atoms with E-state index in [1.807, 2.05) is 36.4 Å². The first-order valence-electron chi connectivity index (χ1n) is 8.67. The number of amides is 1. The molecule has 2 aromatic rings. The molecule has 0 bridgehead atoms. The summed E-state index contributed by atoms with van der Waals surface area (Å²) in [5, 5.41) is 6.06. The van der Waals surface area contributed by atoms with E-state index in [1.54, 1.807) is 14.2 Å². The van der Waals surface area contributed by atoms with Crippen LogP contribution in [0.15, 0.2) is 53.5 Å². The van der Waals surface area contributed by atoms with Crippen LogP contribution in [0.2, 0.25) is 0 Å². The van der Waals surface area contributed by atoms with Gasteiger partial charge in [-0.05, 0) is 35.7 Å². The number of hydrogen-bond acceptors (Lipinski definition) is 3. The second kappa shape index (κ2) is 8.38. The number of aliphatic imine (C=N–C) groups is 1. The summed E-state index contributed by atoms with van der Waals surface area (Å²) < 4.78 is 5.13. The van der Waals surface area contributed by atoms with E-state index in [9.17, 15) is 4.79 Å². The van der Waals surface area contributed by atoms with E-state index >= 15 is 0 Å². The number of rotatable bonds is 5. The highest BCUT2D eigenvalue weighted by atomic mass is 16.5. The molecule has 6 heteroatoms. The van der Waals surface area contributed by atoms with Gasteiger partial charge in [-0.2, -0.15) is 0 Å². The number of para-hydroxylation sites is 1. The van der Waals surface area contributed by atoms with Gasteiger partial charge in [-0.1, -0.05) is 30.3 Å². The zero-order valence-electron chi connectivity index (χ0n) is 15.2. The van der Waals surface area contributed by atoms with E-state index in [0.29, 0.717) is 6.54 Å². The number of anilines is 1. The van der Waals surface area contributed by atoms with Crippen molar-refractivity contribution in [2.75, 3.05) is 32.1 Å². The summed E-state index contributed by atoms with van der Waals surface area (Å²) in [6.07, 6.45) is 0.987. The van der Waals surface area contributed by atoms with Crippen LogP contribution in [-0.2, 0) is 17.8 Å². The first kappa shape index (κ1) is 17.8. The molecule has 6 nitrogen and oxygen atoms in total. The topological polar surface area (TPSA) is 66.0 Å². The highest BCUT2D eigenvalue weighted by molar-refractivity contribution is 5.99. The number of methoxy groups -OCH3 is 1. The zero-order chi connectivity index (χ0) is 18.4. The van der Waals surface area contributed by atoms with Crippen molar-refractivity contribution in [2.45, 2.75) is 13.0 Å². The van der Waals surface area contributed by atoms with Crippen LogP contribution in [0.5, 0.6) is 5.75 Å². The molecule has 1 amide bonds. The Labute approximate surface area is 153 Å². The lowest BCUT2D eigenvalue weighted by atomic mass is 10.2. The van der Waals surface area contributed by atoms with Gasteiger partial charge < -0.3 is 20.3 Å². The molecule has 1 aliphatic heterocycles. The van der Waals surface area contributed by atoms with Gasteiger partial charge in [-0.25, -0.2) is 0 Å². The van der Waals surface area contributed by atoms with Gasteiger partial charge in [-0.3, -0.25) is 9.79 Å². The van der Waals surface area contributed by atoms with Gasteiger partial charge in [0.25, 0.3) is 0 Å². The Balaban J connectivity index is 1.50. The third kappa shape index (κ3) is 4.14. The summed E-state index contributed by atoms with van der Waals surface area (Å²) >= 11 is 0. The van der Waals surface area contributed by atoms with Gasteiger partial charge in [0, 0.05) is 25.8 Å². The molecule has 0 aromatic heterocycles. The molecular weight excluding hydrogens is 328 g/mol.